The van der Waals surface area contributed by atoms with Crippen LogP contribution in [0.2, 0.25) is 0 Å². The van der Waals surface area contributed by atoms with Crippen LogP contribution >= 0.6 is 0 Å². The summed E-state index contributed by atoms with van der Waals surface area (Å²) in [6, 6.07) is 0. The average Bonchev–Trinajstić information content (AvgIpc) is 2.74. The Labute approximate surface area is 88.5 Å². The topological polar surface area (TPSA) is 86.6 Å². The van der Waals surface area contributed by atoms with Crippen LogP contribution in [0, 0.1) is 11.3 Å². The standard InChI is InChI=1S/C10H17NO4/c1-10(2)5-6(10)8(13)11-4-3-7(12)9(14)15/h6-7,12H,3-5H2,1-2H3,(H,11,13)(H,14,15). The van der Waals surface area contributed by atoms with Gasteiger partial charge in [-0.25, -0.2) is 4.79 Å². The molecule has 1 fully saturated rings. The Hall–Kier alpha value is -1.10. The van der Waals surface area contributed by atoms with Crippen molar-refractivity contribution in [2.45, 2.75) is 32.8 Å². The Morgan fingerprint density at radius 3 is 2.47 bits per heavy atom. The van der Waals surface area contributed by atoms with E-state index in [1.165, 1.54) is 0 Å². The van der Waals surface area contributed by atoms with Gasteiger partial charge in [0.1, 0.15) is 0 Å². The molecule has 5 heteroatoms. The first-order chi connectivity index (χ1) is 6.84. The maximum absolute atomic E-state index is 11.4. The minimum atomic E-state index is -1.39. The number of hydrogen-bond donors (Lipinski definition) is 3. The fraction of sp³-hybridized carbons (Fsp3) is 0.800. The lowest BCUT2D eigenvalue weighted by Crippen LogP contribution is -2.31. The molecule has 0 aromatic carbocycles. The Bertz CT molecular complexity index is 275. The molecule has 1 amide bonds. The van der Waals surface area contributed by atoms with Crippen molar-refractivity contribution in [3.05, 3.63) is 0 Å². The van der Waals surface area contributed by atoms with Crippen molar-refractivity contribution >= 4 is 11.9 Å². The molecule has 15 heavy (non-hydrogen) atoms. The molecule has 1 rings (SSSR count). The van der Waals surface area contributed by atoms with Crippen LogP contribution in [-0.4, -0.2) is 34.7 Å². The number of carbonyl (C=O) groups is 2. The molecule has 2 atom stereocenters. The first-order valence-corrected chi connectivity index (χ1v) is 5.03. The first kappa shape index (κ1) is 12.0. The number of aliphatic hydroxyl groups excluding tert-OH is 1. The van der Waals surface area contributed by atoms with Crippen molar-refractivity contribution in [2.75, 3.05) is 6.54 Å². The van der Waals surface area contributed by atoms with Crippen molar-refractivity contribution in [1.29, 1.82) is 0 Å². The molecular formula is C10H17NO4. The summed E-state index contributed by atoms with van der Waals surface area (Å²) in [4.78, 5) is 21.7. The van der Waals surface area contributed by atoms with E-state index in [4.69, 9.17) is 10.2 Å². The number of nitrogens with one attached hydrogen (secondary N) is 1. The van der Waals surface area contributed by atoms with Crippen LogP contribution in [0.25, 0.3) is 0 Å². The van der Waals surface area contributed by atoms with E-state index < -0.39 is 12.1 Å². The summed E-state index contributed by atoms with van der Waals surface area (Å²) in [5, 5.41) is 20.0. The van der Waals surface area contributed by atoms with E-state index >= 15 is 0 Å². The Morgan fingerprint density at radius 2 is 2.07 bits per heavy atom. The molecule has 1 saturated carbocycles. The van der Waals surface area contributed by atoms with E-state index in [2.05, 4.69) is 5.32 Å². The molecule has 0 radical (unpaired) electrons. The zero-order valence-electron chi connectivity index (χ0n) is 8.99. The SMILES string of the molecule is CC1(C)CC1C(=O)NCCC(O)C(=O)O. The summed E-state index contributed by atoms with van der Waals surface area (Å²) in [5.41, 5.74) is 0.0789. The second kappa shape index (κ2) is 4.18. The molecule has 0 saturated heterocycles. The minimum absolute atomic E-state index is 0.0412. The molecule has 0 bridgehead atoms. The number of carboxylic acid groups (broad SMARTS) is 1. The van der Waals surface area contributed by atoms with E-state index in [0.29, 0.717) is 0 Å². The van der Waals surface area contributed by atoms with Gasteiger partial charge in [-0.15, -0.1) is 0 Å². The maximum atomic E-state index is 11.4. The van der Waals surface area contributed by atoms with Gasteiger partial charge in [0.25, 0.3) is 0 Å². The molecular weight excluding hydrogens is 198 g/mol. The van der Waals surface area contributed by atoms with Gasteiger partial charge in [0.05, 0.1) is 0 Å². The summed E-state index contributed by atoms with van der Waals surface area (Å²) >= 11 is 0. The van der Waals surface area contributed by atoms with E-state index in [0.717, 1.165) is 6.42 Å². The van der Waals surface area contributed by atoms with Crippen molar-refractivity contribution in [3.63, 3.8) is 0 Å². The molecule has 0 aromatic rings. The van der Waals surface area contributed by atoms with Crippen LogP contribution in [0.15, 0.2) is 0 Å². The van der Waals surface area contributed by atoms with Crippen LogP contribution in [0.5, 0.6) is 0 Å². The van der Waals surface area contributed by atoms with Gasteiger partial charge in [0, 0.05) is 18.9 Å². The van der Waals surface area contributed by atoms with Gasteiger partial charge in [-0.2, -0.15) is 0 Å². The predicted molar refractivity (Wildman–Crippen MR) is 53.2 cm³/mol. The molecule has 5 nitrogen and oxygen atoms in total. The average molecular weight is 215 g/mol. The van der Waals surface area contributed by atoms with Crippen molar-refractivity contribution in [2.24, 2.45) is 11.3 Å². The highest BCUT2D eigenvalue weighted by Gasteiger charge is 2.50. The second-order valence-corrected chi connectivity index (χ2v) is 4.68. The predicted octanol–water partition coefficient (Wildman–Crippen LogP) is -0.0157. The van der Waals surface area contributed by atoms with Gasteiger partial charge >= 0.3 is 5.97 Å². The third-order valence-corrected chi connectivity index (χ3v) is 2.83. The molecule has 3 N–H and O–H groups in total. The number of hydrogen-bond acceptors (Lipinski definition) is 3. The summed E-state index contributed by atoms with van der Waals surface area (Å²) in [7, 11) is 0. The van der Waals surface area contributed by atoms with Gasteiger partial charge < -0.3 is 15.5 Å². The molecule has 1 aliphatic carbocycles. The van der Waals surface area contributed by atoms with Crippen LogP contribution in [0.4, 0.5) is 0 Å². The van der Waals surface area contributed by atoms with E-state index in [1.807, 2.05) is 13.8 Å². The lowest BCUT2D eigenvalue weighted by atomic mass is 10.1. The highest BCUT2D eigenvalue weighted by atomic mass is 16.4. The molecule has 0 aromatic heterocycles. The fourth-order valence-electron chi connectivity index (χ4n) is 1.49. The third kappa shape index (κ3) is 3.20. The lowest BCUT2D eigenvalue weighted by Gasteiger charge is -2.08. The van der Waals surface area contributed by atoms with Crippen LogP contribution in [0.1, 0.15) is 26.7 Å². The number of carbonyl (C=O) groups excluding carboxylic acids is 1. The van der Waals surface area contributed by atoms with Gasteiger partial charge in [0.15, 0.2) is 6.10 Å². The Balaban J connectivity index is 2.16. The molecule has 0 aliphatic heterocycles. The normalized spacial score (nSPS) is 24.3. The molecule has 2 unspecified atom stereocenters. The zero-order chi connectivity index (χ0) is 11.6. The van der Waals surface area contributed by atoms with E-state index in [9.17, 15) is 9.59 Å². The molecule has 0 spiro atoms. The number of carboxylic acids is 1. The molecule has 86 valence electrons. The van der Waals surface area contributed by atoms with E-state index in [-0.39, 0.29) is 30.2 Å². The van der Waals surface area contributed by atoms with Crippen molar-refractivity contribution in [3.8, 4) is 0 Å². The number of amides is 1. The highest BCUT2D eigenvalue weighted by Crippen LogP contribution is 2.51. The molecule has 1 aliphatic rings. The summed E-state index contributed by atoms with van der Waals surface area (Å²) in [6.07, 6.45) is -0.466. The van der Waals surface area contributed by atoms with Gasteiger partial charge in [-0.05, 0) is 11.8 Å². The van der Waals surface area contributed by atoms with Crippen LogP contribution in [0.3, 0.4) is 0 Å². The third-order valence-electron chi connectivity index (χ3n) is 2.83. The molecule has 0 heterocycles. The fourth-order valence-corrected chi connectivity index (χ4v) is 1.49. The monoisotopic (exact) mass is 215 g/mol. The van der Waals surface area contributed by atoms with Gasteiger partial charge in [-0.1, -0.05) is 13.8 Å². The number of rotatable bonds is 5. The maximum Gasteiger partial charge on any atom is 0.332 e. The van der Waals surface area contributed by atoms with Crippen LogP contribution in [-0.2, 0) is 9.59 Å². The highest BCUT2D eigenvalue weighted by molar-refractivity contribution is 5.82. The first-order valence-electron chi connectivity index (χ1n) is 5.03. The van der Waals surface area contributed by atoms with Crippen molar-refractivity contribution in [1.82, 2.24) is 5.32 Å². The quantitative estimate of drug-likeness (QED) is 0.601. The van der Waals surface area contributed by atoms with Crippen molar-refractivity contribution < 1.29 is 19.8 Å². The summed E-state index contributed by atoms with van der Waals surface area (Å²) in [6.45, 7) is 4.24. The van der Waals surface area contributed by atoms with Gasteiger partial charge in [0.2, 0.25) is 5.91 Å². The lowest BCUT2D eigenvalue weighted by molar-refractivity contribution is -0.147. The zero-order valence-corrected chi connectivity index (χ0v) is 8.99. The summed E-state index contributed by atoms with van der Waals surface area (Å²) < 4.78 is 0. The number of aliphatic carboxylic acids is 1. The van der Waals surface area contributed by atoms with Crippen LogP contribution < -0.4 is 5.32 Å². The van der Waals surface area contributed by atoms with Gasteiger partial charge in [-0.3, -0.25) is 4.79 Å². The largest absolute Gasteiger partial charge is 0.479 e. The minimum Gasteiger partial charge on any atom is -0.479 e. The smallest absolute Gasteiger partial charge is 0.332 e. The Kier molecular flexibility index (Phi) is 3.34. The van der Waals surface area contributed by atoms with E-state index in [1.54, 1.807) is 0 Å². The second-order valence-electron chi connectivity index (χ2n) is 4.68. The Morgan fingerprint density at radius 1 is 1.53 bits per heavy atom. The number of aliphatic hydroxyl groups is 1. The summed E-state index contributed by atoms with van der Waals surface area (Å²) in [5.74, 6) is -1.26.